The lowest BCUT2D eigenvalue weighted by Crippen LogP contribution is -1.93. The molecule has 0 bridgehead atoms. The van der Waals surface area contributed by atoms with E-state index in [1.54, 1.807) is 10.6 Å². The number of aromatic nitrogens is 1. The van der Waals surface area contributed by atoms with E-state index in [0.717, 1.165) is 4.47 Å². The van der Waals surface area contributed by atoms with Crippen molar-refractivity contribution < 1.29 is 4.39 Å². The second-order valence-electron chi connectivity index (χ2n) is 2.69. The molecule has 0 atom stereocenters. The van der Waals surface area contributed by atoms with Gasteiger partial charge in [-0.05, 0) is 30.3 Å². The van der Waals surface area contributed by atoms with Gasteiger partial charge in [-0.3, -0.25) is 0 Å². The molecule has 13 heavy (non-hydrogen) atoms. The predicted octanol–water partition coefficient (Wildman–Crippen LogP) is 3.38. The number of halogens is 2. The summed E-state index contributed by atoms with van der Waals surface area (Å²) in [6.45, 7) is 0. The molecule has 0 unspecified atom stereocenters. The zero-order valence-electron chi connectivity index (χ0n) is 6.74. The van der Waals surface area contributed by atoms with Crippen molar-refractivity contribution >= 4 is 15.9 Å². The molecule has 66 valence electrons. The molecule has 1 nitrogen and oxygen atoms in total. The van der Waals surface area contributed by atoms with E-state index in [1.165, 1.54) is 6.07 Å². The molecule has 0 N–H and O–H groups in total. The summed E-state index contributed by atoms with van der Waals surface area (Å²) >= 11 is 3.21. The van der Waals surface area contributed by atoms with Crippen LogP contribution in [0, 0.1) is 5.82 Å². The third-order valence-electron chi connectivity index (χ3n) is 1.79. The van der Waals surface area contributed by atoms with E-state index in [2.05, 4.69) is 15.9 Å². The minimum atomic E-state index is -0.231. The summed E-state index contributed by atoms with van der Waals surface area (Å²) in [6, 6.07) is 8.73. The van der Waals surface area contributed by atoms with Crippen molar-refractivity contribution in [1.29, 1.82) is 0 Å². The van der Waals surface area contributed by atoms with Gasteiger partial charge in [0, 0.05) is 16.9 Å². The van der Waals surface area contributed by atoms with Crippen LogP contribution >= 0.6 is 15.9 Å². The minimum Gasteiger partial charge on any atom is -0.321 e. The van der Waals surface area contributed by atoms with Crippen molar-refractivity contribution in [3.8, 4) is 5.69 Å². The van der Waals surface area contributed by atoms with Gasteiger partial charge in [0.15, 0.2) is 0 Å². The maximum absolute atomic E-state index is 13.4. The Morgan fingerprint density at radius 3 is 2.46 bits per heavy atom. The number of hydrogen-bond donors (Lipinski definition) is 0. The summed E-state index contributed by atoms with van der Waals surface area (Å²) < 4.78 is 15.9. The highest BCUT2D eigenvalue weighted by atomic mass is 79.9. The van der Waals surface area contributed by atoms with E-state index in [0.29, 0.717) is 5.69 Å². The van der Waals surface area contributed by atoms with Gasteiger partial charge in [-0.2, -0.15) is 0 Å². The van der Waals surface area contributed by atoms with Crippen LogP contribution in [0.4, 0.5) is 4.39 Å². The number of benzene rings is 1. The lowest BCUT2D eigenvalue weighted by molar-refractivity contribution is 0.617. The fraction of sp³-hybridized carbons (Fsp3) is 0. The highest BCUT2D eigenvalue weighted by molar-refractivity contribution is 9.10. The fourth-order valence-corrected chi connectivity index (χ4v) is 1.52. The molecule has 0 amide bonds. The fourth-order valence-electron chi connectivity index (χ4n) is 1.19. The molecule has 2 aromatic rings. The highest BCUT2D eigenvalue weighted by Crippen LogP contribution is 2.18. The molecule has 1 aromatic carbocycles. The average molecular weight is 240 g/mol. The maximum atomic E-state index is 13.4. The van der Waals surface area contributed by atoms with E-state index < -0.39 is 0 Å². The highest BCUT2D eigenvalue weighted by Gasteiger charge is 2.02. The quantitative estimate of drug-likeness (QED) is 0.720. The Kier molecular flexibility index (Phi) is 2.19. The van der Waals surface area contributed by atoms with Crippen LogP contribution in [-0.4, -0.2) is 4.57 Å². The molecule has 2 rings (SSSR count). The van der Waals surface area contributed by atoms with Crippen LogP contribution in [0.5, 0.6) is 0 Å². The summed E-state index contributed by atoms with van der Waals surface area (Å²) in [4.78, 5) is 0. The Labute approximate surface area is 83.9 Å². The van der Waals surface area contributed by atoms with E-state index in [1.807, 2.05) is 30.6 Å². The first-order chi connectivity index (χ1) is 6.27. The van der Waals surface area contributed by atoms with Gasteiger partial charge in [0.2, 0.25) is 0 Å². The van der Waals surface area contributed by atoms with E-state index >= 15 is 0 Å². The van der Waals surface area contributed by atoms with Gasteiger partial charge >= 0.3 is 0 Å². The lowest BCUT2D eigenvalue weighted by Gasteiger charge is -2.03. The Morgan fingerprint density at radius 2 is 1.85 bits per heavy atom. The van der Waals surface area contributed by atoms with Crippen LogP contribution in [0.2, 0.25) is 0 Å². The smallest absolute Gasteiger partial charge is 0.148 e. The lowest BCUT2D eigenvalue weighted by atomic mass is 10.3. The molecular weight excluding hydrogens is 233 g/mol. The first-order valence-corrected chi connectivity index (χ1v) is 4.65. The van der Waals surface area contributed by atoms with Crippen LogP contribution in [0.3, 0.4) is 0 Å². The molecule has 0 aliphatic carbocycles. The molecule has 0 radical (unpaired) electrons. The molecule has 3 heteroatoms. The second kappa shape index (κ2) is 3.34. The van der Waals surface area contributed by atoms with Gasteiger partial charge in [-0.15, -0.1) is 0 Å². The Morgan fingerprint density at radius 1 is 1.15 bits per heavy atom. The molecule has 0 saturated heterocycles. The Bertz CT molecular complexity index is 409. The van der Waals surface area contributed by atoms with Gasteiger partial charge in [0.1, 0.15) is 5.82 Å². The molecule has 0 aliphatic rings. The van der Waals surface area contributed by atoms with Crippen LogP contribution in [-0.2, 0) is 0 Å². The van der Waals surface area contributed by atoms with Crippen molar-refractivity contribution in [2.75, 3.05) is 0 Å². The minimum absolute atomic E-state index is 0.231. The van der Waals surface area contributed by atoms with Crippen LogP contribution in [0.15, 0.2) is 47.2 Å². The first kappa shape index (κ1) is 8.51. The Balaban J connectivity index is 2.53. The van der Waals surface area contributed by atoms with E-state index in [9.17, 15) is 4.39 Å². The molecule has 0 aliphatic heterocycles. The van der Waals surface area contributed by atoms with Crippen molar-refractivity contribution in [2.45, 2.75) is 0 Å². The summed E-state index contributed by atoms with van der Waals surface area (Å²) in [5.41, 5.74) is 0.563. The van der Waals surface area contributed by atoms with Gasteiger partial charge in [0.05, 0.1) is 5.69 Å². The van der Waals surface area contributed by atoms with Crippen molar-refractivity contribution in [2.24, 2.45) is 0 Å². The summed E-state index contributed by atoms with van der Waals surface area (Å²) in [5, 5.41) is 0. The molecule has 0 fully saturated rings. The SMILES string of the molecule is Fc1cc(Br)ccc1-n1cccc1. The average Bonchev–Trinajstić information content (AvgIpc) is 2.56. The van der Waals surface area contributed by atoms with Crippen LogP contribution in [0.25, 0.3) is 5.69 Å². The predicted molar refractivity (Wildman–Crippen MR) is 53.4 cm³/mol. The van der Waals surface area contributed by atoms with Crippen molar-refractivity contribution in [3.63, 3.8) is 0 Å². The Hall–Kier alpha value is -1.09. The second-order valence-corrected chi connectivity index (χ2v) is 3.60. The number of nitrogens with zero attached hydrogens (tertiary/aromatic N) is 1. The first-order valence-electron chi connectivity index (χ1n) is 3.86. The van der Waals surface area contributed by atoms with Gasteiger partial charge < -0.3 is 4.57 Å². The standard InChI is InChI=1S/C10H7BrFN/c11-8-3-4-10(9(12)7-8)13-5-1-2-6-13/h1-7H. The maximum Gasteiger partial charge on any atom is 0.148 e. The van der Waals surface area contributed by atoms with Gasteiger partial charge in [-0.25, -0.2) is 4.39 Å². The number of hydrogen-bond acceptors (Lipinski definition) is 0. The zero-order chi connectivity index (χ0) is 9.26. The topological polar surface area (TPSA) is 4.93 Å². The van der Waals surface area contributed by atoms with Gasteiger partial charge in [0.25, 0.3) is 0 Å². The van der Waals surface area contributed by atoms with Crippen molar-refractivity contribution in [1.82, 2.24) is 4.57 Å². The summed E-state index contributed by atoms with van der Waals surface area (Å²) in [6.07, 6.45) is 3.62. The third kappa shape index (κ3) is 1.65. The third-order valence-corrected chi connectivity index (χ3v) is 2.29. The van der Waals surface area contributed by atoms with Crippen LogP contribution in [0.1, 0.15) is 0 Å². The van der Waals surface area contributed by atoms with E-state index in [4.69, 9.17) is 0 Å². The summed E-state index contributed by atoms with van der Waals surface area (Å²) in [5.74, 6) is -0.231. The molecule has 0 saturated carbocycles. The zero-order valence-corrected chi connectivity index (χ0v) is 8.33. The van der Waals surface area contributed by atoms with Crippen LogP contribution < -0.4 is 0 Å². The summed E-state index contributed by atoms with van der Waals surface area (Å²) in [7, 11) is 0. The number of rotatable bonds is 1. The monoisotopic (exact) mass is 239 g/mol. The molecule has 1 aromatic heterocycles. The molecular formula is C10H7BrFN. The molecule has 1 heterocycles. The molecule has 0 spiro atoms. The van der Waals surface area contributed by atoms with Gasteiger partial charge in [-0.1, -0.05) is 15.9 Å². The largest absolute Gasteiger partial charge is 0.321 e. The van der Waals surface area contributed by atoms with Crippen molar-refractivity contribution in [3.05, 3.63) is 53.0 Å². The van der Waals surface area contributed by atoms with E-state index in [-0.39, 0.29) is 5.82 Å². The normalized spacial score (nSPS) is 10.3.